The van der Waals surface area contributed by atoms with E-state index in [1.165, 1.54) is 0 Å². The van der Waals surface area contributed by atoms with E-state index >= 15 is 0 Å². The maximum absolute atomic E-state index is 5.76. The maximum Gasteiger partial charge on any atom is 0.226 e. The normalized spacial score (nSPS) is 17.9. The summed E-state index contributed by atoms with van der Waals surface area (Å²) >= 11 is 0. The van der Waals surface area contributed by atoms with Crippen LogP contribution in [0, 0.1) is 6.92 Å². The van der Waals surface area contributed by atoms with Gasteiger partial charge in [0.15, 0.2) is 0 Å². The number of aryl methyl sites for hydroxylation is 1. The molecule has 0 saturated heterocycles. The van der Waals surface area contributed by atoms with Gasteiger partial charge in [-0.15, -0.1) is 0 Å². The third kappa shape index (κ3) is 2.27. The van der Waals surface area contributed by atoms with Crippen molar-refractivity contribution in [2.45, 2.75) is 13.0 Å². The van der Waals surface area contributed by atoms with Gasteiger partial charge in [-0.3, -0.25) is 0 Å². The second-order valence-electron chi connectivity index (χ2n) is 4.50. The molecule has 1 aromatic heterocycles. The predicted molar refractivity (Wildman–Crippen MR) is 73.1 cm³/mol. The molecule has 1 N–H and O–H groups in total. The molecule has 0 aliphatic carbocycles. The highest BCUT2D eigenvalue weighted by molar-refractivity contribution is 5.55. The van der Waals surface area contributed by atoms with Crippen molar-refractivity contribution in [3.63, 3.8) is 0 Å². The Bertz CT molecular complexity index is 599. The number of hydrogen-bond donors (Lipinski definition) is 1. The minimum atomic E-state index is 0.163. The van der Waals surface area contributed by atoms with Crippen molar-refractivity contribution in [3.05, 3.63) is 47.9 Å². The van der Waals surface area contributed by atoms with E-state index in [2.05, 4.69) is 22.5 Å². The van der Waals surface area contributed by atoms with Crippen LogP contribution in [0.5, 0.6) is 5.75 Å². The van der Waals surface area contributed by atoms with Gasteiger partial charge in [0.2, 0.25) is 5.89 Å². The molecule has 1 aliphatic rings. The van der Waals surface area contributed by atoms with E-state index in [1.54, 1.807) is 7.11 Å². The number of ether oxygens (including phenoxy) is 1. The Morgan fingerprint density at radius 2 is 2.11 bits per heavy atom. The molecular weight excluding hydrogens is 240 g/mol. The van der Waals surface area contributed by atoms with E-state index in [9.17, 15) is 0 Å². The lowest BCUT2D eigenvalue weighted by Crippen LogP contribution is -2.14. The molecule has 1 unspecified atom stereocenters. The van der Waals surface area contributed by atoms with E-state index < -0.39 is 0 Å². The third-order valence-electron chi connectivity index (χ3n) is 3.25. The lowest BCUT2D eigenvalue weighted by molar-refractivity contribution is 0.415. The Balaban J connectivity index is 1.92. The zero-order valence-electron chi connectivity index (χ0n) is 11.0. The first kappa shape index (κ1) is 12.0. The lowest BCUT2D eigenvalue weighted by Gasteiger charge is -2.04. The number of benzene rings is 1. The van der Waals surface area contributed by atoms with Crippen LogP contribution in [0.2, 0.25) is 0 Å². The maximum atomic E-state index is 5.76. The number of oxazole rings is 1. The van der Waals surface area contributed by atoms with Gasteiger partial charge >= 0.3 is 0 Å². The van der Waals surface area contributed by atoms with E-state index in [-0.39, 0.29) is 6.04 Å². The summed E-state index contributed by atoms with van der Waals surface area (Å²) < 4.78 is 10.9. The molecule has 0 radical (unpaired) electrons. The molecule has 0 spiro atoms. The number of aromatic nitrogens is 1. The second kappa shape index (κ2) is 4.90. The molecule has 4 heteroatoms. The van der Waals surface area contributed by atoms with Crippen LogP contribution in [0.25, 0.3) is 11.5 Å². The zero-order valence-corrected chi connectivity index (χ0v) is 11.0. The summed E-state index contributed by atoms with van der Waals surface area (Å²) in [5.41, 5.74) is 1.91. The number of nitrogens with one attached hydrogen (secondary N) is 1. The highest BCUT2D eigenvalue weighted by Crippen LogP contribution is 2.28. The predicted octanol–water partition coefficient (Wildman–Crippen LogP) is 2.86. The number of nitrogens with zero attached hydrogens (tertiary/aromatic N) is 1. The average molecular weight is 256 g/mol. The molecule has 0 amide bonds. The standard InChI is InChI=1S/C15H16N2O2/c1-10-14(13-4-3-9-16-13)17-15(19-10)11-5-7-12(18-2)8-6-11/h3-8,13,16H,9H2,1-2H3. The third-order valence-corrected chi connectivity index (χ3v) is 3.25. The monoisotopic (exact) mass is 256 g/mol. The Morgan fingerprint density at radius 3 is 2.74 bits per heavy atom. The van der Waals surface area contributed by atoms with Crippen molar-refractivity contribution in [1.29, 1.82) is 0 Å². The van der Waals surface area contributed by atoms with Crippen LogP contribution in [-0.2, 0) is 0 Å². The molecule has 2 heterocycles. The van der Waals surface area contributed by atoms with Crippen LogP contribution >= 0.6 is 0 Å². The fourth-order valence-electron chi connectivity index (χ4n) is 2.21. The first-order valence-electron chi connectivity index (χ1n) is 6.30. The smallest absolute Gasteiger partial charge is 0.226 e. The van der Waals surface area contributed by atoms with E-state index in [1.807, 2.05) is 31.2 Å². The second-order valence-corrected chi connectivity index (χ2v) is 4.50. The van der Waals surface area contributed by atoms with E-state index in [0.717, 1.165) is 29.3 Å². The summed E-state index contributed by atoms with van der Waals surface area (Å²) in [6, 6.07) is 7.87. The molecule has 1 aromatic carbocycles. The summed E-state index contributed by atoms with van der Waals surface area (Å²) in [4.78, 5) is 4.60. The molecule has 3 rings (SSSR count). The molecule has 0 fully saturated rings. The molecule has 0 saturated carbocycles. The van der Waals surface area contributed by atoms with Crippen molar-refractivity contribution in [3.8, 4) is 17.2 Å². The Hall–Kier alpha value is -2.07. The highest BCUT2D eigenvalue weighted by Gasteiger charge is 2.20. The van der Waals surface area contributed by atoms with Gasteiger partial charge in [0.25, 0.3) is 0 Å². The molecule has 2 aromatic rings. The topological polar surface area (TPSA) is 47.3 Å². The molecule has 1 atom stereocenters. The number of hydrogen-bond acceptors (Lipinski definition) is 4. The summed E-state index contributed by atoms with van der Waals surface area (Å²) in [7, 11) is 1.65. The fourth-order valence-corrected chi connectivity index (χ4v) is 2.21. The summed E-state index contributed by atoms with van der Waals surface area (Å²) in [6.45, 7) is 2.83. The molecule has 19 heavy (non-hydrogen) atoms. The summed E-state index contributed by atoms with van der Waals surface area (Å²) in [6.07, 6.45) is 4.22. The first-order valence-corrected chi connectivity index (χ1v) is 6.30. The van der Waals surface area contributed by atoms with Crippen LogP contribution in [0.3, 0.4) is 0 Å². The van der Waals surface area contributed by atoms with Gasteiger partial charge in [-0.05, 0) is 31.2 Å². The van der Waals surface area contributed by atoms with Gasteiger partial charge in [0.1, 0.15) is 17.2 Å². The van der Waals surface area contributed by atoms with E-state index in [4.69, 9.17) is 9.15 Å². The Kier molecular flexibility index (Phi) is 3.09. The number of rotatable bonds is 3. The molecular formula is C15H16N2O2. The van der Waals surface area contributed by atoms with Crippen molar-refractivity contribution in [1.82, 2.24) is 10.3 Å². The minimum Gasteiger partial charge on any atom is -0.497 e. The summed E-state index contributed by atoms with van der Waals surface area (Å²) in [5.74, 6) is 2.33. The Morgan fingerprint density at radius 1 is 1.32 bits per heavy atom. The van der Waals surface area contributed by atoms with Crippen molar-refractivity contribution in [2.24, 2.45) is 0 Å². The summed E-state index contributed by atoms with van der Waals surface area (Å²) in [5, 5.41) is 3.34. The van der Waals surface area contributed by atoms with Crippen LogP contribution < -0.4 is 10.1 Å². The van der Waals surface area contributed by atoms with Crippen LogP contribution in [0.1, 0.15) is 17.5 Å². The SMILES string of the molecule is COc1ccc(-c2nc(C3C=CCN3)c(C)o2)cc1. The average Bonchev–Trinajstić information content (AvgIpc) is 3.08. The molecule has 98 valence electrons. The highest BCUT2D eigenvalue weighted by atomic mass is 16.5. The zero-order chi connectivity index (χ0) is 13.2. The largest absolute Gasteiger partial charge is 0.497 e. The van der Waals surface area contributed by atoms with Gasteiger partial charge in [-0.2, -0.15) is 0 Å². The van der Waals surface area contributed by atoms with Crippen LogP contribution in [0.4, 0.5) is 0 Å². The molecule has 4 nitrogen and oxygen atoms in total. The van der Waals surface area contributed by atoms with Crippen LogP contribution in [0.15, 0.2) is 40.8 Å². The van der Waals surface area contributed by atoms with Gasteiger partial charge in [0.05, 0.1) is 13.2 Å². The van der Waals surface area contributed by atoms with Crippen molar-refractivity contribution < 1.29 is 9.15 Å². The van der Waals surface area contributed by atoms with Gasteiger partial charge < -0.3 is 14.5 Å². The molecule has 1 aliphatic heterocycles. The van der Waals surface area contributed by atoms with Gasteiger partial charge in [0, 0.05) is 12.1 Å². The number of methoxy groups -OCH3 is 1. The lowest BCUT2D eigenvalue weighted by atomic mass is 10.2. The van der Waals surface area contributed by atoms with Gasteiger partial charge in [-0.25, -0.2) is 4.98 Å². The first-order chi connectivity index (χ1) is 9.28. The van der Waals surface area contributed by atoms with Gasteiger partial charge in [-0.1, -0.05) is 12.2 Å². The Labute approximate surface area is 112 Å². The fraction of sp³-hybridized carbons (Fsp3) is 0.267. The van der Waals surface area contributed by atoms with E-state index in [0.29, 0.717) is 5.89 Å². The van der Waals surface area contributed by atoms with Crippen molar-refractivity contribution in [2.75, 3.05) is 13.7 Å². The van der Waals surface area contributed by atoms with Crippen LogP contribution in [-0.4, -0.2) is 18.6 Å². The minimum absolute atomic E-state index is 0.163. The molecule has 0 bridgehead atoms. The quantitative estimate of drug-likeness (QED) is 0.858. The van der Waals surface area contributed by atoms with Crippen molar-refractivity contribution >= 4 is 0 Å².